The molecular formula is C49H60N2O11S2. The van der Waals surface area contributed by atoms with Crippen LogP contribution in [0.5, 0.6) is 0 Å². The van der Waals surface area contributed by atoms with Crippen molar-refractivity contribution in [2.24, 2.45) is 0 Å². The van der Waals surface area contributed by atoms with Crippen LogP contribution in [-0.2, 0) is 79.6 Å². The number of ether oxygens (including phenoxy) is 3. The van der Waals surface area contributed by atoms with E-state index in [4.69, 9.17) is 14.2 Å². The predicted octanol–water partition coefficient (Wildman–Crippen LogP) is 7.92. The van der Waals surface area contributed by atoms with Crippen LogP contribution >= 0.6 is 0 Å². The van der Waals surface area contributed by atoms with E-state index in [1.54, 1.807) is 24.3 Å². The SMILES string of the molecule is CC(=O)OCC/C1=C\CN(S(=O)(=O)c2ccc(C)cc2)Cc2ccccc2CC1.CC(=O)OCC[C@]12CCc3ccccc3CN(S(=O)(=O)c3ccc(C)cc3)CC1O2.CC1(C)OO1. The van der Waals surface area contributed by atoms with Crippen LogP contribution in [0.3, 0.4) is 0 Å². The van der Waals surface area contributed by atoms with Gasteiger partial charge in [0.1, 0.15) is 6.10 Å². The summed E-state index contributed by atoms with van der Waals surface area (Å²) in [7, 11) is -7.31. The van der Waals surface area contributed by atoms with E-state index in [0.29, 0.717) is 44.0 Å². The van der Waals surface area contributed by atoms with Gasteiger partial charge in [0, 0.05) is 52.9 Å². The fourth-order valence-corrected chi connectivity index (χ4v) is 10.5. The van der Waals surface area contributed by atoms with E-state index in [0.717, 1.165) is 64.6 Å². The van der Waals surface area contributed by atoms with Crippen molar-refractivity contribution in [3.8, 4) is 0 Å². The van der Waals surface area contributed by atoms with Gasteiger partial charge in [-0.1, -0.05) is 95.6 Å². The summed E-state index contributed by atoms with van der Waals surface area (Å²) in [4.78, 5) is 31.6. The summed E-state index contributed by atoms with van der Waals surface area (Å²) in [5.74, 6) is -0.872. The van der Waals surface area contributed by atoms with Gasteiger partial charge >= 0.3 is 11.9 Å². The molecule has 0 saturated carbocycles. The van der Waals surface area contributed by atoms with Crippen LogP contribution in [0.4, 0.5) is 0 Å². The second kappa shape index (κ2) is 21.0. The molecule has 4 aliphatic heterocycles. The van der Waals surface area contributed by atoms with Crippen LogP contribution in [0.25, 0.3) is 0 Å². The number of nitrogens with zero attached hydrogens (tertiary/aromatic N) is 2. The van der Waals surface area contributed by atoms with Crippen molar-refractivity contribution in [2.45, 2.75) is 120 Å². The van der Waals surface area contributed by atoms with E-state index in [2.05, 4.69) is 21.9 Å². The summed E-state index contributed by atoms with van der Waals surface area (Å²) in [5, 5.41) is 0. The molecule has 4 aromatic rings. The lowest BCUT2D eigenvalue weighted by Crippen LogP contribution is -2.35. The Morgan fingerprint density at radius 1 is 0.656 bits per heavy atom. The molecule has 0 N–H and O–H groups in total. The summed E-state index contributed by atoms with van der Waals surface area (Å²) in [6.07, 6.45) is 6.16. The number of sulfonamides is 2. The normalized spacial score (nSPS) is 21.4. The van der Waals surface area contributed by atoms with Crippen molar-refractivity contribution in [1.82, 2.24) is 8.61 Å². The molecule has 64 heavy (non-hydrogen) atoms. The summed E-state index contributed by atoms with van der Waals surface area (Å²) in [6, 6.07) is 29.9. The number of epoxide rings is 1. The molecule has 8 rings (SSSR count). The maximum Gasteiger partial charge on any atom is 0.302 e. The number of aryl methyl sites for hydroxylation is 4. The average molecular weight is 917 g/mol. The molecule has 0 spiro atoms. The summed E-state index contributed by atoms with van der Waals surface area (Å²) in [6.45, 7) is 12.2. The van der Waals surface area contributed by atoms with Crippen molar-refractivity contribution in [2.75, 3.05) is 26.3 Å². The molecule has 2 atom stereocenters. The smallest absolute Gasteiger partial charge is 0.302 e. The van der Waals surface area contributed by atoms with Crippen LogP contribution in [-0.4, -0.2) is 81.2 Å². The van der Waals surface area contributed by atoms with Crippen molar-refractivity contribution >= 4 is 32.0 Å². The monoisotopic (exact) mass is 916 g/mol. The van der Waals surface area contributed by atoms with Gasteiger partial charge in [-0.15, -0.1) is 0 Å². The highest BCUT2D eigenvalue weighted by Gasteiger charge is 2.57. The molecule has 2 saturated heterocycles. The summed E-state index contributed by atoms with van der Waals surface area (Å²) >= 11 is 0. The first-order valence-corrected chi connectivity index (χ1v) is 24.5. The third-order valence-corrected chi connectivity index (χ3v) is 15.3. The number of benzene rings is 4. The Balaban J connectivity index is 0.000000191. The Hall–Kier alpha value is -4.74. The second-order valence-corrected chi connectivity index (χ2v) is 20.9. The molecule has 4 heterocycles. The first-order valence-electron chi connectivity index (χ1n) is 21.6. The van der Waals surface area contributed by atoms with Crippen molar-refractivity contribution in [3.05, 3.63) is 142 Å². The minimum Gasteiger partial charge on any atom is -0.466 e. The second-order valence-electron chi connectivity index (χ2n) is 17.0. The third kappa shape index (κ3) is 13.4. The van der Waals surface area contributed by atoms with Crippen LogP contribution in [0.1, 0.15) is 86.8 Å². The van der Waals surface area contributed by atoms with Crippen LogP contribution in [0.15, 0.2) is 119 Å². The molecule has 1 unspecified atom stereocenters. The number of rotatable bonds is 10. The molecule has 0 radical (unpaired) electrons. The molecule has 0 aromatic heterocycles. The Kier molecular flexibility index (Phi) is 16.0. The van der Waals surface area contributed by atoms with Gasteiger partial charge in [-0.05, 0) is 99.9 Å². The van der Waals surface area contributed by atoms with Gasteiger partial charge in [0.25, 0.3) is 0 Å². The highest BCUT2D eigenvalue weighted by molar-refractivity contribution is 7.89. The molecular weight excluding hydrogens is 857 g/mol. The fourth-order valence-electron chi connectivity index (χ4n) is 7.69. The van der Waals surface area contributed by atoms with Gasteiger partial charge in [-0.2, -0.15) is 18.4 Å². The maximum absolute atomic E-state index is 13.5. The predicted molar refractivity (Wildman–Crippen MR) is 242 cm³/mol. The topological polar surface area (TPSA) is 165 Å². The van der Waals surface area contributed by atoms with Crippen molar-refractivity contribution < 1.29 is 50.4 Å². The van der Waals surface area contributed by atoms with Gasteiger partial charge in [0.2, 0.25) is 25.8 Å². The Morgan fingerprint density at radius 3 is 1.64 bits per heavy atom. The molecule has 344 valence electrons. The zero-order valence-corrected chi connectivity index (χ0v) is 39.2. The largest absolute Gasteiger partial charge is 0.466 e. The molecule has 0 amide bonds. The first-order chi connectivity index (χ1) is 30.4. The lowest BCUT2D eigenvalue weighted by atomic mass is 9.92. The molecule has 4 aromatic carbocycles. The van der Waals surface area contributed by atoms with Gasteiger partial charge in [-0.3, -0.25) is 9.59 Å². The van der Waals surface area contributed by atoms with Gasteiger partial charge in [-0.25, -0.2) is 16.8 Å². The van der Waals surface area contributed by atoms with E-state index in [-0.39, 0.29) is 41.9 Å². The number of carbonyl (C=O) groups excluding carboxylic acids is 2. The summed E-state index contributed by atoms with van der Waals surface area (Å²) < 4.78 is 72.9. The number of esters is 2. The zero-order valence-electron chi connectivity index (χ0n) is 37.6. The molecule has 0 aliphatic carbocycles. The Labute approximate surface area is 378 Å². The number of hydrogen-bond donors (Lipinski definition) is 0. The van der Waals surface area contributed by atoms with Gasteiger partial charge < -0.3 is 14.2 Å². The lowest BCUT2D eigenvalue weighted by Gasteiger charge is -2.22. The standard InChI is InChI=1S/C23H27NO5S.C23H27NO4S.C3H6O2/c1-17-7-9-21(10-8-17)30(26,27)24-15-20-6-4-3-5-19(20)11-12-23(22(16-24)29-23)13-14-28-18(2)25;1-18-7-11-23(12-8-18)29(26,27)24-15-13-20(14-16-28-19(2)25)9-10-21-5-3-4-6-22(21)17-24;1-3(2)4-5-3/h3-10,22H,11-16H2,1-2H3;3-8,11-13H,9-10,14-17H2,1-2H3;1-2H3/b;20-13-;/t22?,23-;;/m1../s1. The highest BCUT2D eigenvalue weighted by atomic mass is 32.2. The first kappa shape index (κ1) is 48.7. The number of carbonyl (C=O) groups is 2. The fraction of sp³-hybridized carbons (Fsp3) is 0.429. The van der Waals surface area contributed by atoms with Crippen molar-refractivity contribution in [3.63, 3.8) is 0 Å². The minimum atomic E-state index is -3.68. The van der Waals surface area contributed by atoms with Crippen molar-refractivity contribution in [1.29, 1.82) is 0 Å². The quantitative estimate of drug-likeness (QED) is 0.0657. The molecule has 0 bridgehead atoms. The van der Waals surface area contributed by atoms with E-state index < -0.39 is 25.6 Å². The lowest BCUT2D eigenvalue weighted by molar-refractivity contribution is -0.142. The Bertz CT molecular complexity index is 2500. The van der Waals surface area contributed by atoms with Crippen LogP contribution < -0.4 is 0 Å². The van der Waals surface area contributed by atoms with E-state index >= 15 is 0 Å². The molecule has 13 nitrogen and oxygen atoms in total. The molecule has 15 heteroatoms. The highest BCUT2D eigenvalue weighted by Crippen LogP contribution is 2.46. The Morgan fingerprint density at radius 2 is 1.12 bits per heavy atom. The maximum atomic E-state index is 13.5. The van der Waals surface area contributed by atoms with E-state index in [9.17, 15) is 26.4 Å². The van der Waals surface area contributed by atoms with Gasteiger partial charge in [0.05, 0.1) is 28.6 Å². The third-order valence-electron chi connectivity index (χ3n) is 11.6. The zero-order chi connectivity index (χ0) is 46.1. The average Bonchev–Trinajstić information content (AvgIpc) is 4.14. The summed E-state index contributed by atoms with van der Waals surface area (Å²) in [5.41, 5.74) is 7.01. The van der Waals surface area contributed by atoms with Gasteiger partial charge in [0.15, 0.2) is 0 Å². The number of hydrogen-bond acceptors (Lipinski definition) is 11. The van der Waals surface area contributed by atoms with E-state index in [1.165, 1.54) is 22.5 Å². The van der Waals surface area contributed by atoms with Crippen LogP contribution in [0, 0.1) is 13.8 Å². The molecule has 4 aliphatic rings. The van der Waals surface area contributed by atoms with E-state index in [1.807, 2.05) is 94.4 Å². The minimum absolute atomic E-state index is 0.206. The number of fused-ring (bicyclic) bond motifs is 3. The van der Waals surface area contributed by atoms with Crippen LogP contribution in [0.2, 0.25) is 0 Å². The molecule has 2 fully saturated rings.